The summed E-state index contributed by atoms with van der Waals surface area (Å²) >= 11 is 0. The fourth-order valence-electron chi connectivity index (χ4n) is 2.98. The molecule has 0 aromatic heterocycles. The minimum Gasteiger partial charge on any atom is -0.444 e. The van der Waals surface area contributed by atoms with Crippen molar-refractivity contribution in [1.29, 1.82) is 0 Å². The van der Waals surface area contributed by atoms with Crippen LogP contribution in [0, 0.1) is 0 Å². The van der Waals surface area contributed by atoms with Crippen molar-refractivity contribution in [2.24, 2.45) is 0 Å². The Bertz CT molecular complexity index is 615. The summed E-state index contributed by atoms with van der Waals surface area (Å²) in [6.45, 7) is 9.63. The third-order valence-corrected chi connectivity index (χ3v) is 5.75. The van der Waals surface area contributed by atoms with Crippen molar-refractivity contribution < 1.29 is 22.7 Å². The summed E-state index contributed by atoms with van der Waals surface area (Å²) < 4.78 is 29.8. The first-order valence-electron chi connectivity index (χ1n) is 8.89. The SMILES string of the molecule is CC(C)(C)OC(=O)N1CCN(CC(=O)N2CCN(S(C)(=O)=O)CC2)CC1. The van der Waals surface area contributed by atoms with Crippen LogP contribution in [0.25, 0.3) is 0 Å². The minimum absolute atomic E-state index is 0.00358. The van der Waals surface area contributed by atoms with Gasteiger partial charge in [-0.1, -0.05) is 0 Å². The molecular formula is C16H30N4O5S. The van der Waals surface area contributed by atoms with E-state index < -0.39 is 15.6 Å². The molecule has 2 aliphatic heterocycles. The monoisotopic (exact) mass is 390 g/mol. The van der Waals surface area contributed by atoms with Crippen LogP contribution in [-0.2, 0) is 19.6 Å². The Morgan fingerprint density at radius 1 is 0.885 bits per heavy atom. The molecule has 0 aromatic rings. The molecule has 0 unspecified atom stereocenters. The van der Waals surface area contributed by atoms with Gasteiger partial charge in [0.15, 0.2) is 0 Å². The van der Waals surface area contributed by atoms with Crippen LogP contribution in [0.2, 0.25) is 0 Å². The van der Waals surface area contributed by atoms with Gasteiger partial charge in [0.1, 0.15) is 5.60 Å². The van der Waals surface area contributed by atoms with Crippen molar-refractivity contribution >= 4 is 22.0 Å². The van der Waals surface area contributed by atoms with Crippen molar-refractivity contribution in [3.8, 4) is 0 Å². The summed E-state index contributed by atoms with van der Waals surface area (Å²) in [7, 11) is -3.19. The first-order valence-corrected chi connectivity index (χ1v) is 10.7. The number of carbonyl (C=O) groups excluding carboxylic acids is 2. The molecule has 150 valence electrons. The number of sulfonamides is 1. The maximum Gasteiger partial charge on any atom is 0.410 e. The third kappa shape index (κ3) is 6.10. The lowest BCUT2D eigenvalue weighted by Gasteiger charge is -2.37. The summed E-state index contributed by atoms with van der Waals surface area (Å²) in [5, 5.41) is 0. The molecular weight excluding hydrogens is 360 g/mol. The highest BCUT2D eigenvalue weighted by atomic mass is 32.2. The molecule has 2 amide bonds. The van der Waals surface area contributed by atoms with E-state index in [4.69, 9.17) is 4.74 Å². The van der Waals surface area contributed by atoms with E-state index in [9.17, 15) is 18.0 Å². The number of amides is 2. The molecule has 2 heterocycles. The first kappa shape index (κ1) is 20.9. The molecule has 2 saturated heterocycles. The number of nitrogens with zero attached hydrogens (tertiary/aromatic N) is 4. The van der Waals surface area contributed by atoms with E-state index in [0.29, 0.717) is 58.9 Å². The first-order chi connectivity index (χ1) is 12.0. The highest BCUT2D eigenvalue weighted by molar-refractivity contribution is 7.88. The highest BCUT2D eigenvalue weighted by Crippen LogP contribution is 2.12. The lowest BCUT2D eigenvalue weighted by atomic mass is 10.2. The fraction of sp³-hybridized carbons (Fsp3) is 0.875. The number of ether oxygens (including phenoxy) is 1. The molecule has 0 aliphatic carbocycles. The second kappa shape index (κ2) is 8.10. The van der Waals surface area contributed by atoms with E-state index in [1.807, 2.05) is 25.7 Å². The van der Waals surface area contributed by atoms with Crippen molar-refractivity contribution in [1.82, 2.24) is 19.0 Å². The van der Waals surface area contributed by atoms with E-state index in [-0.39, 0.29) is 12.0 Å². The zero-order valence-corrected chi connectivity index (χ0v) is 16.9. The Labute approximate surface area is 155 Å². The number of carbonyl (C=O) groups is 2. The minimum atomic E-state index is -3.19. The molecule has 2 fully saturated rings. The molecule has 0 saturated carbocycles. The molecule has 2 aliphatic rings. The second-order valence-electron chi connectivity index (χ2n) is 7.79. The van der Waals surface area contributed by atoms with E-state index >= 15 is 0 Å². The standard InChI is InChI=1S/C16H30N4O5S/c1-16(2,3)25-15(22)19-7-5-17(6-8-19)13-14(21)18-9-11-20(12-10-18)26(4,23)24/h5-13H2,1-4H3. The predicted molar refractivity (Wildman–Crippen MR) is 97.2 cm³/mol. The topological polar surface area (TPSA) is 90.5 Å². The van der Waals surface area contributed by atoms with Crippen molar-refractivity contribution in [3.05, 3.63) is 0 Å². The number of piperazine rings is 2. The Kier molecular flexibility index (Phi) is 6.51. The Hall–Kier alpha value is -1.39. The molecule has 10 heteroatoms. The normalized spacial score (nSPS) is 20.9. The van der Waals surface area contributed by atoms with Gasteiger partial charge in [0, 0.05) is 52.4 Å². The van der Waals surface area contributed by atoms with Crippen LogP contribution in [0.3, 0.4) is 0 Å². The number of hydrogen-bond acceptors (Lipinski definition) is 6. The number of rotatable bonds is 3. The van der Waals surface area contributed by atoms with E-state index in [0.717, 1.165) is 0 Å². The zero-order chi connectivity index (χ0) is 19.5. The molecule has 0 aromatic carbocycles. The van der Waals surface area contributed by atoms with E-state index in [2.05, 4.69) is 0 Å². The largest absolute Gasteiger partial charge is 0.444 e. The molecule has 0 bridgehead atoms. The summed E-state index contributed by atoms with van der Waals surface area (Å²) in [6.07, 6.45) is 0.870. The van der Waals surface area contributed by atoms with Crippen molar-refractivity contribution in [2.75, 3.05) is 65.2 Å². The van der Waals surface area contributed by atoms with Crippen LogP contribution >= 0.6 is 0 Å². The van der Waals surface area contributed by atoms with Gasteiger partial charge in [-0.2, -0.15) is 4.31 Å². The molecule has 0 atom stereocenters. The van der Waals surface area contributed by atoms with Gasteiger partial charge in [-0.3, -0.25) is 9.69 Å². The third-order valence-electron chi connectivity index (χ3n) is 4.44. The Morgan fingerprint density at radius 2 is 1.38 bits per heavy atom. The summed E-state index contributed by atoms with van der Waals surface area (Å²) in [5.74, 6) is 0.00358. The zero-order valence-electron chi connectivity index (χ0n) is 16.1. The highest BCUT2D eigenvalue weighted by Gasteiger charge is 2.29. The Balaban J connectivity index is 1.74. The van der Waals surface area contributed by atoms with Crippen LogP contribution in [0.4, 0.5) is 4.79 Å². The molecule has 2 rings (SSSR count). The van der Waals surface area contributed by atoms with Crippen LogP contribution in [0.15, 0.2) is 0 Å². The van der Waals surface area contributed by atoms with E-state index in [1.54, 1.807) is 9.80 Å². The smallest absolute Gasteiger partial charge is 0.410 e. The molecule has 0 radical (unpaired) electrons. The lowest BCUT2D eigenvalue weighted by Crippen LogP contribution is -2.55. The van der Waals surface area contributed by atoms with Gasteiger partial charge in [0.05, 0.1) is 12.8 Å². The lowest BCUT2D eigenvalue weighted by molar-refractivity contribution is -0.134. The van der Waals surface area contributed by atoms with Crippen molar-refractivity contribution in [3.63, 3.8) is 0 Å². The van der Waals surface area contributed by atoms with Crippen LogP contribution in [0.1, 0.15) is 20.8 Å². The van der Waals surface area contributed by atoms with Gasteiger partial charge < -0.3 is 14.5 Å². The van der Waals surface area contributed by atoms with Crippen LogP contribution in [0.5, 0.6) is 0 Å². The van der Waals surface area contributed by atoms with E-state index in [1.165, 1.54) is 10.6 Å². The fourth-order valence-corrected chi connectivity index (χ4v) is 3.80. The van der Waals surface area contributed by atoms with Gasteiger partial charge in [-0.15, -0.1) is 0 Å². The number of hydrogen-bond donors (Lipinski definition) is 0. The molecule has 0 N–H and O–H groups in total. The summed E-state index contributed by atoms with van der Waals surface area (Å²) in [4.78, 5) is 29.9. The Morgan fingerprint density at radius 3 is 1.85 bits per heavy atom. The maximum atomic E-state index is 12.4. The van der Waals surface area contributed by atoms with Crippen molar-refractivity contribution in [2.45, 2.75) is 26.4 Å². The maximum absolute atomic E-state index is 12.4. The second-order valence-corrected chi connectivity index (χ2v) is 9.77. The molecule has 26 heavy (non-hydrogen) atoms. The van der Waals surface area contributed by atoms with Gasteiger partial charge >= 0.3 is 6.09 Å². The molecule has 0 spiro atoms. The predicted octanol–water partition coefficient (Wildman–Crippen LogP) is -0.357. The van der Waals surface area contributed by atoms with Gasteiger partial charge in [0.25, 0.3) is 0 Å². The van der Waals surface area contributed by atoms with Crippen LogP contribution in [-0.4, -0.2) is 110 Å². The average Bonchev–Trinajstić information content (AvgIpc) is 2.53. The molecule has 9 nitrogen and oxygen atoms in total. The quantitative estimate of drug-likeness (QED) is 0.654. The van der Waals surface area contributed by atoms with Gasteiger partial charge in [-0.05, 0) is 20.8 Å². The summed E-state index contributed by atoms with van der Waals surface area (Å²) in [6, 6.07) is 0. The average molecular weight is 391 g/mol. The van der Waals surface area contributed by atoms with Crippen LogP contribution < -0.4 is 0 Å². The van der Waals surface area contributed by atoms with Gasteiger partial charge in [-0.25, -0.2) is 13.2 Å². The summed E-state index contributed by atoms with van der Waals surface area (Å²) in [5.41, 5.74) is -0.516. The van der Waals surface area contributed by atoms with Gasteiger partial charge in [0.2, 0.25) is 15.9 Å².